The number of methoxy groups -OCH3 is 2. The Labute approximate surface area is 140 Å². The van der Waals surface area contributed by atoms with Gasteiger partial charge >= 0.3 is 0 Å². The monoisotopic (exact) mass is 328 g/mol. The number of rotatable bonds is 6. The first-order chi connectivity index (χ1) is 11.6. The summed E-state index contributed by atoms with van der Waals surface area (Å²) in [4.78, 5) is 23.7. The summed E-state index contributed by atoms with van der Waals surface area (Å²) in [5, 5.41) is 5.39. The topological polar surface area (TPSA) is 76.7 Å². The molecule has 0 heterocycles. The molecule has 0 aliphatic heterocycles. The quantitative estimate of drug-likeness (QED) is 0.850. The van der Waals surface area contributed by atoms with Gasteiger partial charge in [0, 0.05) is 24.7 Å². The minimum atomic E-state index is -0.216. The molecule has 6 nitrogen and oxygen atoms in total. The van der Waals surface area contributed by atoms with Gasteiger partial charge in [0.05, 0.1) is 14.2 Å². The van der Waals surface area contributed by atoms with Crippen LogP contribution in [0.15, 0.2) is 42.5 Å². The van der Waals surface area contributed by atoms with Crippen LogP contribution in [-0.2, 0) is 6.54 Å². The molecule has 0 saturated carbocycles. The van der Waals surface area contributed by atoms with Crippen molar-refractivity contribution in [1.82, 2.24) is 10.6 Å². The van der Waals surface area contributed by atoms with Crippen molar-refractivity contribution in [2.24, 2.45) is 0 Å². The van der Waals surface area contributed by atoms with Gasteiger partial charge in [-0.1, -0.05) is 12.1 Å². The summed E-state index contributed by atoms with van der Waals surface area (Å²) < 4.78 is 10.3. The Hall–Kier alpha value is -3.02. The normalized spacial score (nSPS) is 9.96. The highest BCUT2D eigenvalue weighted by molar-refractivity contribution is 5.95. The number of carbonyl (C=O) groups is 2. The summed E-state index contributed by atoms with van der Waals surface area (Å²) in [7, 11) is 4.65. The summed E-state index contributed by atoms with van der Waals surface area (Å²) in [6.45, 7) is 0.362. The van der Waals surface area contributed by atoms with E-state index >= 15 is 0 Å². The minimum Gasteiger partial charge on any atom is -0.493 e. The van der Waals surface area contributed by atoms with Gasteiger partial charge < -0.3 is 20.1 Å². The second kappa shape index (κ2) is 8.01. The summed E-state index contributed by atoms with van der Waals surface area (Å²) in [5.74, 6) is 0.709. The highest BCUT2D eigenvalue weighted by atomic mass is 16.5. The number of hydrogen-bond donors (Lipinski definition) is 2. The van der Waals surface area contributed by atoms with Gasteiger partial charge in [-0.2, -0.15) is 0 Å². The number of benzene rings is 2. The maximum Gasteiger partial charge on any atom is 0.251 e. The Balaban J connectivity index is 2.01. The molecule has 0 unspecified atom stereocenters. The predicted molar refractivity (Wildman–Crippen MR) is 90.5 cm³/mol. The van der Waals surface area contributed by atoms with Crippen molar-refractivity contribution in [2.75, 3.05) is 21.3 Å². The molecule has 2 rings (SSSR count). The molecular formula is C18H20N2O4. The molecule has 126 valence electrons. The van der Waals surface area contributed by atoms with E-state index < -0.39 is 0 Å². The van der Waals surface area contributed by atoms with Crippen molar-refractivity contribution < 1.29 is 19.1 Å². The highest BCUT2D eigenvalue weighted by Gasteiger charge is 2.10. The van der Waals surface area contributed by atoms with Crippen molar-refractivity contribution >= 4 is 11.8 Å². The molecule has 0 aliphatic carbocycles. The van der Waals surface area contributed by atoms with Crippen LogP contribution in [0, 0.1) is 0 Å². The third-order valence-electron chi connectivity index (χ3n) is 3.54. The average molecular weight is 328 g/mol. The van der Waals surface area contributed by atoms with E-state index in [0.717, 1.165) is 5.56 Å². The van der Waals surface area contributed by atoms with Gasteiger partial charge in [0.25, 0.3) is 11.8 Å². The first-order valence-corrected chi connectivity index (χ1v) is 7.40. The molecule has 0 saturated heterocycles. The SMILES string of the molecule is CNC(=O)c1ccc(CNC(=O)c2ccc(OC)c(OC)c2)cc1. The van der Waals surface area contributed by atoms with Crippen LogP contribution in [0.4, 0.5) is 0 Å². The van der Waals surface area contributed by atoms with E-state index in [4.69, 9.17) is 9.47 Å². The first kappa shape index (κ1) is 17.3. The van der Waals surface area contributed by atoms with Crippen molar-refractivity contribution in [3.63, 3.8) is 0 Å². The van der Waals surface area contributed by atoms with Crippen LogP contribution in [0.1, 0.15) is 26.3 Å². The average Bonchev–Trinajstić information content (AvgIpc) is 2.65. The lowest BCUT2D eigenvalue weighted by Gasteiger charge is -2.10. The van der Waals surface area contributed by atoms with Gasteiger partial charge in [-0.25, -0.2) is 0 Å². The zero-order chi connectivity index (χ0) is 17.5. The molecule has 0 spiro atoms. The van der Waals surface area contributed by atoms with Crippen LogP contribution < -0.4 is 20.1 Å². The molecule has 2 amide bonds. The molecule has 6 heteroatoms. The lowest BCUT2D eigenvalue weighted by molar-refractivity contribution is 0.0945. The predicted octanol–water partition coefficient (Wildman–Crippen LogP) is 1.99. The summed E-state index contributed by atoms with van der Waals surface area (Å²) in [5.41, 5.74) is 1.96. The Morgan fingerprint density at radius 1 is 0.875 bits per heavy atom. The van der Waals surface area contributed by atoms with Crippen LogP contribution >= 0.6 is 0 Å². The summed E-state index contributed by atoms with van der Waals surface area (Å²) >= 11 is 0. The maximum atomic E-state index is 12.2. The molecule has 0 bridgehead atoms. The van der Waals surface area contributed by atoms with Crippen molar-refractivity contribution in [3.8, 4) is 11.5 Å². The van der Waals surface area contributed by atoms with Crippen LogP contribution in [0.5, 0.6) is 11.5 Å². The molecule has 0 fully saturated rings. The molecule has 24 heavy (non-hydrogen) atoms. The van der Waals surface area contributed by atoms with E-state index in [1.54, 1.807) is 56.6 Å². The number of nitrogens with one attached hydrogen (secondary N) is 2. The van der Waals surface area contributed by atoms with E-state index in [0.29, 0.717) is 29.2 Å². The zero-order valence-electron chi connectivity index (χ0n) is 13.9. The molecule has 2 aromatic carbocycles. The van der Waals surface area contributed by atoms with Gasteiger partial charge in [-0.15, -0.1) is 0 Å². The van der Waals surface area contributed by atoms with E-state index in [1.165, 1.54) is 7.11 Å². The Morgan fingerprint density at radius 2 is 1.50 bits per heavy atom. The van der Waals surface area contributed by atoms with Gasteiger partial charge in [-0.3, -0.25) is 9.59 Å². The third kappa shape index (κ3) is 4.04. The highest BCUT2D eigenvalue weighted by Crippen LogP contribution is 2.27. The number of amides is 2. The second-order valence-electron chi connectivity index (χ2n) is 5.03. The van der Waals surface area contributed by atoms with Gasteiger partial charge in [-0.05, 0) is 35.9 Å². The van der Waals surface area contributed by atoms with E-state index in [-0.39, 0.29) is 11.8 Å². The van der Waals surface area contributed by atoms with Gasteiger partial charge in [0.1, 0.15) is 0 Å². The molecule has 2 N–H and O–H groups in total. The summed E-state index contributed by atoms with van der Waals surface area (Å²) in [6.07, 6.45) is 0. The van der Waals surface area contributed by atoms with E-state index in [2.05, 4.69) is 10.6 Å². The van der Waals surface area contributed by atoms with Gasteiger partial charge in [0.2, 0.25) is 0 Å². The fourth-order valence-corrected chi connectivity index (χ4v) is 2.18. The lowest BCUT2D eigenvalue weighted by atomic mass is 10.1. The van der Waals surface area contributed by atoms with Crippen LogP contribution in [0.2, 0.25) is 0 Å². The fourth-order valence-electron chi connectivity index (χ4n) is 2.18. The van der Waals surface area contributed by atoms with Crippen molar-refractivity contribution in [1.29, 1.82) is 0 Å². The summed E-state index contributed by atoms with van der Waals surface area (Å²) in [6, 6.07) is 12.0. The minimum absolute atomic E-state index is 0.143. The second-order valence-corrected chi connectivity index (χ2v) is 5.03. The first-order valence-electron chi connectivity index (χ1n) is 7.40. The smallest absolute Gasteiger partial charge is 0.251 e. The maximum absolute atomic E-state index is 12.2. The molecule has 0 aromatic heterocycles. The number of ether oxygens (including phenoxy) is 2. The van der Waals surface area contributed by atoms with Crippen LogP contribution in [0.25, 0.3) is 0 Å². The molecular weight excluding hydrogens is 308 g/mol. The third-order valence-corrected chi connectivity index (χ3v) is 3.54. The number of hydrogen-bond acceptors (Lipinski definition) is 4. The standard InChI is InChI=1S/C18H20N2O4/c1-19-17(21)13-6-4-12(5-7-13)11-20-18(22)14-8-9-15(23-2)16(10-14)24-3/h4-10H,11H2,1-3H3,(H,19,21)(H,20,22). The largest absolute Gasteiger partial charge is 0.493 e. The number of carbonyl (C=O) groups excluding carboxylic acids is 2. The van der Waals surface area contributed by atoms with Gasteiger partial charge in [0.15, 0.2) is 11.5 Å². The Morgan fingerprint density at radius 3 is 2.08 bits per heavy atom. The molecule has 0 atom stereocenters. The molecule has 2 aromatic rings. The molecule has 0 radical (unpaired) electrons. The molecule has 0 aliphatic rings. The Kier molecular flexibility index (Phi) is 5.78. The van der Waals surface area contributed by atoms with Crippen molar-refractivity contribution in [2.45, 2.75) is 6.54 Å². The van der Waals surface area contributed by atoms with E-state index in [1.807, 2.05) is 0 Å². The van der Waals surface area contributed by atoms with Crippen LogP contribution in [0.3, 0.4) is 0 Å². The van der Waals surface area contributed by atoms with Crippen LogP contribution in [-0.4, -0.2) is 33.1 Å². The lowest BCUT2D eigenvalue weighted by Crippen LogP contribution is -2.23. The van der Waals surface area contributed by atoms with E-state index in [9.17, 15) is 9.59 Å². The van der Waals surface area contributed by atoms with Crippen molar-refractivity contribution in [3.05, 3.63) is 59.2 Å². The Bertz CT molecular complexity index is 726. The fraction of sp³-hybridized carbons (Fsp3) is 0.222. The zero-order valence-corrected chi connectivity index (χ0v) is 13.9.